The highest BCUT2D eigenvalue weighted by atomic mass is 28.3. The first-order chi connectivity index (χ1) is 19.8. The minimum atomic E-state index is -1.24. The van der Waals surface area contributed by atoms with Crippen molar-refractivity contribution in [3.63, 3.8) is 0 Å². The molecule has 216 valence electrons. The third-order valence-electron chi connectivity index (χ3n) is 7.60. The molecular weight excluding hydrogens is 532 g/mol. The number of carbonyl (C=O) groups excluding carboxylic acids is 1. The number of hydrogen-bond donors (Lipinski definition) is 0. The molecule has 8 heteroatoms. The van der Waals surface area contributed by atoms with Crippen LogP contribution in [0.1, 0.15) is 27.9 Å². The molecule has 0 bridgehead atoms. The van der Waals surface area contributed by atoms with E-state index in [2.05, 4.69) is 24.5 Å². The van der Waals surface area contributed by atoms with E-state index in [1.54, 1.807) is 14.2 Å². The van der Waals surface area contributed by atoms with E-state index in [9.17, 15) is 4.79 Å². The zero-order chi connectivity index (χ0) is 29.0. The van der Waals surface area contributed by atoms with Gasteiger partial charge in [0.2, 0.25) is 0 Å². The van der Waals surface area contributed by atoms with Gasteiger partial charge in [-0.3, -0.25) is 4.79 Å². The van der Waals surface area contributed by atoms with Gasteiger partial charge in [0.25, 0.3) is 5.91 Å². The molecular formula is C33H40N2O5Si. The third kappa shape index (κ3) is 6.77. The zero-order valence-electron chi connectivity index (χ0n) is 24.7. The molecule has 3 aromatic rings. The summed E-state index contributed by atoms with van der Waals surface area (Å²) in [5.74, 6) is 1.90. The van der Waals surface area contributed by atoms with E-state index in [1.807, 2.05) is 77.8 Å². The fourth-order valence-corrected chi connectivity index (χ4v) is 5.97. The lowest BCUT2D eigenvalue weighted by Gasteiger charge is -2.28. The largest absolute Gasteiger partial charge is 0.497 e. The maximum absolute atomic E-state index is 14.1. The Morgan fingerprint density at radius 2 is 1.68 bits per heavy atom. The lowest BCUT2D eigenvalue weighted by molar-refractivity contribution is 0.0791. The number of carbonyl (C=O) groups is 1. The second-order valence-electron chi connectivity index (χ2n) is 11.8. The first-order valence-corrected chi connectivity index (χ1v) is 17.9. The smallest absolute Gasteiger partial charge is 0.260 e. The minimum Gasteiger partial charge on any atom is -0.497 e. The molecule has 0 spiro atoms. The Labute approximate surface area is 244 Å². The van der Waals surface area contributed by atoms with Crippen molar-refractivity contribution >= 4 is 25.2 Å². The standard InChI is InChI=1S/C33H40N2O5Si/c1-37-28-13-11-25(12-14-28)26-17-27-21-34(23-39-15-16-41(3,4)5)30-19-32(40-22-24-9-7-6-8-10-24)31(38-2)18-29(30)33(36)35(27)20-26/h6-14,18-20,27H,15-17,21-23H2,1-5H3/t27-/m0/s1. The summed E-state index contributed by atoms with van der Waals surface area (Å²) in [5, 5.41) is 0. The highest BCUT2D eigenvalue weighted by molar-refractivity contribution is 6.76. The molecule has 0 saturated carbocycles. The van der Waals surface area contributed by atoms with Gasteiger partial charge in [-0.2, -0.15) is 0 Å². The Hall–Kier alpha value is -3.75. The van der Waals surface area contributed by atoms with Gasteiger partial charge in [0.1, 0.15) is 19.1 Å². The van der Waals surface area contributed by atoms with Crippen LogP contribution in [0, 0.1) is 0 Å². The van der Waals surface area contributed by atoms with Crippen LogP contribution in [0.2, 0.25) is 25.7 Å². The first kappa shape index (κ1) is 28.8. The molecule has 0 radical (unpaired) electrons. The van der Waals surface area contributed by atoms with Crippen LogP contribution in [-0.2, 0) is 11.3 Å². The van der Waals surface area contributed by atoms with E-state index in [0.717, 1.165) is 40.6 Å². The van der Waals surface area contributed by atoms with E-state index in [4.69, 9.17) is 18.9 Å². The highest BCUT2D eigenvalue weighted by Crippen LogP contribution is 2.41. The molecule has 1 atom stereocenters. The van der Waals surface area contributed by atoms with Crippen molar-refractivity contribution in [2.45, 2.75) is 44.8 Å². The highest BCUT2D eigenvalue weighted by Gasteiger charge is 2.37. The predicted molar refractivity (Wildman–Crippen MR) is 166 cm³/mol. The zero-order valence-corrected chi connectivity index (χ0v) is 25.7. The maximum atomic E-state index is 14.1. The SMILES string of the molecule is COc1ccc(C2=CN3C(=O)c4cc(OC)c(OCc5ccccc5)cc4N(COCC[Si](C)(C)C)C[C@@H]3C2)cc1. The number of anilines is 1. The van der Waals surface area contributed by atoms with Gasteiger partial charge in [-0.15, -0.1) is 0 Å². The average molecular weight is 573 g/mol. The monoisotopic (exact) mass is 572 g/mol. The lowest BCUT2D eigenvalue weighted by Crippen LogP contribution is -2.39. The molecule has 41 heavy (non-hydrogen) atoms. The number of fused-ring (bicyclic) bond motifs is 2. The topological polar surface area (TPSA) is 60.5 Å². The van der Waals surface area contributed by atoms with Crippen LogP contribution in [0.5, 0.6) is 17.2 Å². The summed E-state index contributed by atoms with van der Waals surface area (Å²) in [7, 11) is 2.03. The van der Waals surface area contributed by atoms with Gasteiger partial charge in [0, 0.05) is 33.5 Å². The van der Waals surface area contributed by atoms with E-state index in [1.165, 1.54) is 0 Å². The molecule has 3 aromatic carbocycles. The van der Waals surface area contributed by atoms with Crippen LogP contribution in [0.4, 0.5) is 5.69 Å². The normalized spacial score (nSPS) is 16.6. The summed E-state index contributed by atoms with van der Waals surface area (Å²) in [6.45, 7) is 9.20. The molecule has 2 aliphatic heterocycles. The van der Waals surface area contributed by atoms with E-state index in [-0.39, 0.29) is 11.9 Å². The maximum Gasteiger partial charge on any atom is 0.260 e. The lowest BCUT2D eigenvalue weighted by atomic mass is 10.0. The van der Waals surface area contributed by atoms with E-state index in [0.29, 0.717) is 43.6 Å². The number of ether oxygens (including phenoxy) is 4. The Bertz CT molecular complexity index is 1390. The summed E-state index contributed by atoms with van der Waals surface area (Å²) in [4.78, 5) is 18.1. The van der Waals surface area contributed by atoms with Gasteiger partial charge in [-0.1, -0.05) is 62.1 Å². The van der Waals surface area contributed by atoms with Crippen molar-refractivity contribution in [3.8, 4) is 17.2 Å². The van der Waals surface area contributed by atoms with Gasteiger partial charge in [0.05, 0.1) is 31.5 Å². The summed E-state index contributed by atoms with van der Waals surface area (Å²) in [6.07, 6.45) is 2.76. The number of benzene rings is 3. The quantitative estimate of drug-likeness (QED) is 0.189. The van der Waals surface area contributed by atoms with Crippen LogP contribution in [0.25, 0.3) is 5.57 Å². The molecule has 7 nitrogen and oxygen atoms in total. The van der Waals surface area contributed by atoms with Gasteiger partial charge in [-0.25, -0.2) is 0 Å². The molecule has 0 fully saturated rings. The van der Waals surface area contributed by atoms with Crippen LogP contribution >= 0.6 is 0 Å². The Morgan fingerprint density at radius 3 is 2.37 bits per heavy atom. The summed E-state index contributed by atoms with van der Waals surface area (Å²) < 4.78 is 23.5. The molecule has 0 unspecified atom stereocenters. The molecule has 0 aliphatic carbocycles. The van der Waals surface area contributed by atoms with Crippen LogP contribution < -0.4 is 19.1 Å². The Kier molecular flexibility index (Phi) is 8.70. The predicted octanol–water partition coefficient (Wildman–Crippen LogP) is 6.67. The van der Waals surface area contributed by atoms with Gasteiger partial charge >= 0.3 is 0 Å². The fourth-order valence-electron chi connectivity index (χ4n) is 5.21. The molecule has 0 N–H and O–H groups in total. The van der Waals surface area contributed by atoms with Crippen LogP contribution in [-0.4, -0.2) is 59.0 Å². The first-order valence-electron chi connectivity index (χ1n) is 14.1. The van der Waals surface area contributed by atoms with Crippen molar-refractivity contribution in [2.75, 3.05) is 39.0 Å². The molecule has 5 rings (SSSR count). The summed E-state index contributed by atoms with van der Waals surface area (Å²) in [5.41, 5.74) is 4.66. The minimum absolute atomic E-state index is 0.0210. The third-order valence-corrected chi connectivity index (χ3v) is 9.31. The second-order valence-corrected chi connectivity index (χ2v) is 17.4. The van der Waals surface area contributed by atoms with Crippen molar-refractivity contribution in [2.24, 2.45) is 0 Å². The van der Waals surface area contributed by atoms with E-state index < -0.39 is 8.07 Å². The number of hydrogen-bond acceptors (Lipinski definition) is 6. The van der Waals surface area contributed by atoms with Gasteiger partial charge < -0.3 is 28.7 Å². The number of nitrogens with zero attached hydrogens (tertiary/aromatic N) is 2. The number of rotatable bonds is 11. The van der Waals surface area contributed by atoms with Crippen LogP contribution in [0.3, 0.4) is 0 Å². The fraction of sp³-hybridized carbons (Fsp3) is 0.364. The van der Waals surface area contributed by atoms with E-state index >= 15 is 0 Å². The summed E-state index contributed by atoms with van der Waals surface area (Å²) in [6, 6.07) is 22.8. The van der Waals surface area contributed by atoms with Crippen molar-refractivity contribution in [1.29, 1.82) is 0 Å². The molecule has 0 saturated heterocycles. The molecule has 2 heterocycles. The van der Waals surface area contributed by atoms with Gasteiger partial charge in [-0.05, 0) is 47.4 Å². The molecule has 1 amide bonds. The Morgan fingerprint density at radius 1 is 0.927 bits per heavy atom. The Balaban J connectivity index is 1.46. The van der Waals surface area contributed by atoms with Crippen molar-refractivity contribution in [3.05, 3.63) is 89.6 Å². The number of amides is 1. The number of methoxy groups -OCH3 is 2. The van der Waals surface area contributed by atoms with Crippen molar-refractivity contribution in [1.82, 2.24) is 4.90 Å². The molecule has 0 aromatic heterocycles. The molecule has 2 aliphatic rings. The summed E-state index contributed by atoms with van der Waals surface area (Å²) >= 11 is 0. The van der Waals surface area contributed by atoms with Crippen LogP contribution in [0.15, 0.2) is 72.9 Å². The van der Waals surface area contributed by atoms with Crippen molar-refractivity contribution < 1.29 is 23.7 Å². The van der Waals surface area contributed by atoms with Gasteiger partial charge in [0.15, 0.2) is 11.5 Å². The second kappa shape index (κ2) is 12.4. The average Bonchev–Trinajstić information content (AvgIpc) is 3.36.